The smallest absolute Gasteiger partial charge is 0.311 e. The number of hydrogen-bond acceptors (Lipinski definition) is 4. The van der Waals surface area contributed by atoms with Crippen LogP contribution in [0.2, 0.25) is 0 Å². The van der Waals surface area contributed by atoms with E-state index in [0.717, 1.165) is 22.2 Å². The Morgan fingerprint density at radius 2 is 2.05 bits per heavy atom. The highest BCUT2D eigenvalue weighted by Gasteiger charge is 2.08. The first-order valence-corrected chi connectivity index (χ1v) is 6.24. The van der Waals surface area contributed by atoms with Crippen molar-refractivity contribution in [3.8, 4) is 0 Å². The minimum atomic E-state index is -0.314. The third kappa shape index (κ3) is 3.12. The molecule has 1 heterocycles. The molecular formula is C15H16N2O3. The molecule has 0 fully saturated rings. The summed E-state index contributed by atoms with van der Waals surface area (Å²) in [5.41, 5.74) is 3.20. The predicted molar refractivity (Wildman–Crippen MR) is 76.5 cm³/mol. The summed E-state index contributed by atoms with van der Waals surface area (Å²) in [5, 5.41) is 3.69. The first-order valence-electron chi connectivity index (χ1n) is 6.24. The zero-order valence-corrected chi connectivity index (χ0v) is 11.7. The van der Waals surface area contributed by atoms with Crippen molar-refractivity contribution in [2.75, 3.05) is 12.4 Å². The van der Waals surface area contributed by atoms with E-state index in [1.165, 1.54) is 14.0 Å². The van der Waals surface area contributed by atoms with Gasteiger partial charge >= 0.3 is 5.97 Å². The molecule has 0 aliphatic rings. The highest BCUT2D eigenvalue weighted by Crippen LogP contribution is 2.22. The van der Waals surface area contributed by atoms with Gasteiger partial charge in [0.15, 0.2) is 0 Å². The van der Waals surface area contributed by atoms with E-state index in [-0.39, 0.29) is 18.3 Å². The topological polar surface area (TPSA) is 68.3 Å². The fourth-order valence-electron chi connectivity index (χ4n) is 2.06. The van der Waals surface area contributed by atoms with E-state index in [1.807, 2.05) is 25.1 Å². The lowest BCUT2D eigenvalue weighted by atomic mass is 10.1. The number of nitrogens with one attached hydrogen (secondary N) is 1. The molecule has 0 atom stereocenters. The highest BCUT2D eigenvalue weighted by atomic mass is 16.5. The molecule has 0 unspecified atom stereocenters. The molecule has 1 N–H and O–H groups in total. The van der Waals surface area contributed by atoms with Crippen molar-refractivity contribution < 1.29 is 14.3 Å². The van der Waals surface area contributed by atoms with Crippen molar-refractivity contribution >= 4 is 28.5 Å². The minimum Gasteiger partial charge on any atom is -0.469 e. The van der Waals surface area contributed by atoms with E-state index < -0.39 is 0 Å². The summed E-state index contributed by atoms with van der Waals surface area (Å²) >= 11 is 0. The first kappa shape index (κ1) is 14.0. The molecule has 1 aromatic heterocycles. The number of nitrogens with zero attached hydrogens (tertiary/aromatic N) is 1. The molecule has 0 saturated heterocycles. The van der Waals surface area contributed by atoms with Gasteiger partial charge < -0.3 is 10.1 Å². The molecule has 0 saturated carbocycles. The molecule has 5 heteroatoms. The molecule has 0 spiro atoms. The van der Waals surface area contributed by atoms with Gasteiger partial charge in [-0.25, -0.2) is 0 Å². The number of pyridine rings is 1. The Bertz CT molecular complexity index is 680. The van der Waals surface area contributed by atoms with Crippen LogP contribution in [0.25, 0.3) is 10.9 Å². The lowest BCUT2D eigenvalue weighted by Gasteiger charge is -2.08. The SMILES string of the molecule is COC(=O)Cc1cc(C)c2cc(NC(C)=O)ccc2n1. The average molecular weight is 272 g/mol. The van der Waals surface area contributed by atoms with Crippen LogP contribution in [0.5, 0.6) is 0 Å². The van der Waals surface area contributed by atoms with Crippen LogP contribution in [0.1, 0.15) is 18.2 Å². The van der Waals surface area contributed by atoms with Gasteiger partial charge in [0.2, 0.25) is 5.91 Å². The van der Waals surface area contributed by atoms with Crippen molar-refractivity contribution in [2.45, 2.75) is 20.3 Å². The third-order valence-electron chi connectivity index (χ3n) is 2.94. The monoisotopic (exact) mass is 272 g/mol. The van der Waals surface area contributed by atoms with E-state index in [1.54, 1.807) is 6.07 Å². The van der Waals surface area contributed by atoms with Gasteiger partial charge in [0.1, 0.15) is 0 Å². The number of benzene rings is 1. The van der Waals surface area contributed by atoms with Gasteiger partial charge in [0.05, 0.1) is 24.7 Å². The Kier molecular flexibility index (Phi) is 3.98. The molecule has 1 aromatic carbocycles. The largest absolute Gasteiger partial charge is 0.469 e. The van der Waals surface area contributed by atoms with Crippen LogP contribution in [-0.2, 0) is 20.7 Å². The molecule has 5 nitrogen and oxygen atoms in total. The normalized spacial score (nSPS) is 10.3. The lowest BCUT2D eigenvalue weighted by Crippen LogP contribution is -2.07. The van der Waals surface area contributed by atoms with Crippen LogP contribution in [0, 0.1) is 6.92 Å². The summed E-state index contributed by atoms with van der Waals surface area (Å²) in [6, 6.07) is 7.35. The second-order valence-electron chi connectivity index (χ2n) is 4.60. The quantitative estimate of drug-likeness (QED) is 0.870. The Morgan fingerprint density at radius 3 is 2.70 bits per heavy atom. The minimum absolute atomic E-state index is 0.114. The molecule has 2 rings (SSSR count). The van der Waals surface area contributed by atoms with E-state index >= 15 is 0 Å². The van der Waals surface area contributed by atoms with Gasteiger partial charge in [-0.15, -0.1) is 0 Å². The number of amides is 1. The van der Waals surface area contributed by atoms with Gasteiger partial charge in [0.25, 0.3) is 0 Å². The first-order chi connectivity index (χ1) is 9.49. The molecule has 0 aliphatic carbocycles. The fourth-order valence-corrected chi connectivity index (χ4v) is 2.06. The highest BCUT2D eigenvalue weighted by molar-refractivity contribution is 5.93. The molecular weight excluding hydrogens is 256 g/mol. The van der Waals surface area contributed by atoms with Crippen molar-refractivity contribution in [1.82, 2.24) is 4.98 Å². The van der Waals surface area contributed by atoms with Gasteiger partial charge in [0, 0.05) is 18.0 Å². The number of carbonyl (C=O) groups is 2. The van der Waals surface area contributed by atoms with Gasteiger partial charge in [-0.1, -0.05) is 0 Å². The number of fused-ring (bicyclic) bond motifs is 1. The van der Waals surface area contributed by atoms with Crippen molar-refractivity contribution in [1.29, 1.82) is 0 Å². The number of esters is 1. The number of ether oxygens (including phenoxy) is 1. The maximum atomic E-state index is 11.3. The standard InChI is InChI=1S/C15H16N2O3/c1-9-6-12(8-15(19)20-3)17-14-5-4-11(7-13(9)14)16-10(2)18/h4-7H,8H2,1-3H3,(H,16,18). The summed E-state index contributed by atoms with van der Waals surface area (Å²) in [7, 11) is 1.36. The van der Waals surface area contributed by atoms with Crippen LogP contribution < -0.4 is 5.32 Å². The summed E-state index contributed by atoms with van der Waals surface area (Å²) in [6.07, 6.45) is 0.153. The van der Waals surface area contributed by atoms with Crippen LogP contribution >= 0.6 is 0 Å². The second kappa shape index (κ2) is 5.69. The average Bonchev–Trinajstić information content (AvgIpc) is 2.38. The number of aryl methyl sites for hydroxylation is 1. The van der Waals surface area contributed by atoms with Crippen LogP contribution in [0.4, 0.5) is 5.69 Å². The summed E-state index contributed by atoms with van der Waals surface area (Å²) in [5.74, 6) is -0.427. The Balaban J connectivity index is 2.41. The van der Waals surface area contributed by atoms with Crippen LogP contribution in [-0.4, -0.2) is 24.0 Å². The molecule has 0 aliphatic heterocycles. The Morgan fingerprint density at radius 1 is 1.30 bits per heavy atom. The fraction of sp³-hybridized carbons (Fsp3) is 0.267. The van der Waals surface area contributed by atoms with Crippen LogP contribution in [0.3, 0.4) is 0 Å². The number of rotatable bonds is 3. The summed E-state index contributed by atoms with van der Waals surface area (Å²) < 4.78 is 4.64. The maximum Gasteiger partial charge on any atom is 0.311 e. The van der Waals surface area contributed by atoms with Crippen molar-refractivity contribution in [2.24, 2.45) is 0 Å². The maximum absolute atomic E-state index is 11.3. The molecule has 2 aromatic rings. The number of methoxy groups -OCH3 is 1. The van der Waals surface area contributed by atoms with E-state index in [0.29, 0.717) is 5.69 Å². The number of hydrogen-bond donors (Lipinski definition) is 1. The van der Waals surface area contributed by atoms with E-state index in [2.05, 4.69) is 15.0 Å². The van der Waals surface area contributed by atoms with Crippen molar-refractivity contribution in [3.63, 3.8) is 0 Å². The molecule has 104 valence electrons. The van der Waals surface area contributed by atoms with Gasteiger partial charge in [-0.3, -0.25) is 14.6 Å². The zero-order valence-electron chi connectivity index (χ0n) is 11.7. The van der Waals surface area contributed by atoms with E-state index in [4.69, 9.17) is 0 Å². The summed E-state index contributed by atoms with van der Waals surface area (Å²) in [6.45, 7) is 3.41. The summed E-state index contributed by atoms with van der Waals surface area (Å²) in [4.78, 5) is 26.8. The van der Waals surface area contributed by atoms with Crippen molar-refractivity contribution in [3.05, 3.63) is 35.5 Å². The predicted octanol–water partition coefficient (Wildman–Crippen LogP) is 2.22. The molecule has 0 bridgehead atoms. The Hall–Kier alpha value is -2.43. The van der Waals surface area contributed by atoms with Gasteiger partial charge in [-0.2, -0.15) is 0 Å². The number of aromatic nitrogens is 1. The second-order valence-corrected chi connectivity index (χ2v) is 4.60. The zero-order chi connectivity index (χ0) is 14.7. The third-order valence-corrected chi connectivity index (χ3v) is 2.94. The lowest BCUT2D eigenvalue weighted by molar-refractivity contribution is -0.139. The van der Waals surface area contributed by atoms with E-state index in [9.17, 15) is 9.59 Å². The molecule has 20 heavy (non-hydrogen) atoms. The number of carbonyl (C=O) groups excluding carboxylic acids is 2. The molecule has 1 amide bonds. The molecule has 0 radical (unpaired) electrons. The van der Waals surface area contributed by atoms with Crippen LogP contribution in [0.15, 0.2) is 24.3 Å². The number of anilines is 1. The van der Waals surface area contributed by atoms with Gasteiger partial charge in [-0.05, 0) is 36.8 Å². The Labute approximate surface area is 117 Å².